The van der Waals surface area contributed by atoms with Gasteiger partial charge in [-0.2, -0.15) is 11.8 Å². The van der Waals surface area contributed by atoms with E-state index in [1.807, 2.05) is 17.8 Å². The van der Waals surface area contributed by atoms with Crippen molar-refractivity contribution in [3.05, 3.63) is 12.7 Å². The Morgan fingerprint density at radius 3 is 3.08 bits per heavy atom. The van der Waals surface area contributed by atoms with Crippen molar-refractivity contribution >= 4 is 11.8 Å². The van der Waals surface area contributed by atoms with Crippen LogP contribution in [0.4, 0.5) is 0 Å². The van der Waals surface area contributed by atoms with Crippen LogP contribution in [0.25, 0.3) is 0 Å². The van der Waals surface area contributed by atoms with Crippen LogP contribution in [0, 0.1) is 0 Å². The van der Waals surface area contributed by atoms with E-state index < -0.39 is 0 Å². The van der Waals surface area contributed by atoms with Crippen molar-refractivity contribution < 1.29 is 0 Å². The molecule has 0 radical (unpaired) electrons. The maximum atomic E-state index is 3.71. The minimum absolute atomic E-state index is 0.802. The molecule has 1 unspecified atom stereocenters. The van der Waals surface area contributed by atoms with E-state index in [1.165, 1.54) is 38.0 Å². The molecule has 1 nitrogen and oxygen atoms in total. The summed E-state index contributed by atoms with van der Waals surface area (Å²) in [5.41, 5.74) is 0. The third kappa shape index (κ3) is 4.17. The highest BCUT2D eigenvalue weighted by atomic mass is 32.2. The Hall–Kier alpha value is 0.0500. The number of hydrogen-bond donors (Lipinski definition) is 1. The van der Waals surface area contributed by atoms with Gasteiger partial charge in [0.05, 0.1) is 0 Å². The van der Waals surface area contributed by atoms with Gasteiger partial charge in [0.25, 0.3) is 0 Å². The molecule has 1 aliphatic rings. The van der Waals surface area contributed by atoms with Crippen LogP contribution in [-0.4, -0.2) is 24.1 Å². The summed E-state index contributed by atoms with van der Waals surface area (Å²) in [6, 6.07) is 0.802. The van der Waals surface area contributed by atoms with Crippen LogP contribution >= 0.6 is 11.8 Å². The monoisotopic (exact) mass is 185 g/mol. The van der Waals surface area contributed by atoms with Gasteiger partial charge < -0.3 is 5.32 Å². The smallest absolute Gasteiger partial charge is 0.0110 e. The molecule has 0 aromatic carbocycles. The zero-order chi connectivity index (χ0) is 8.65. The van der Waals surface area contributed by atoms with Crippen LogP contribution in [0.15, 0.2) is 12.7 Å². The summed E-state index contributed by atoms with van der Waals surface area (Å²) >= 11 is 1.99. The van der Waals surface area contributed by atoms with Crippen molar-refractivity contribution in [3.8, 4) is 0 Å². The highest BCUT2D eigenvalue weighted by Crippen LogP contribution is 2.13. The van der Waals surface area contributed by atoms with Gasteiger partial charge in [-0.3, -0.25) is 0 Å². The van der Waals surface area contributed by atoms with Crippen LogP contribution in [0.5, 0.6) is 0 Å². The van der Waals surface area contributed by atoms with Crippen LogP contribution in [0.3, 0.4) is 0 Å². The van der Waals surface area contributed by atoms with Crippen molar-refractivity contribution in [2.75, 3.05) is 18.1 Å². The molecule has 2 heteroatoms. The van der Waals surface area contributed by atoms with Gasteiger partial charge >= 0.3 is 0 Å². The molecule has 1 aliphatic heterocycles. The lowest BCUT2D eigenvalue weighted by Gasteiger charge is -2.22. The third-order valence-corrected chi connectivity index (χ3v) is 3.25. The third-order valence-electron chi connectivity index (χ3n) is 2.26. The van der Waals surface area contributed by atoms with Gasteiger partial charge in [0.15, 0.2) is 0 Å². The molecule has 0 aromatic rings. The Balaban J connectivity index is 1.94. The topological polar surface area (TPSA) is 12.0 Å². The molecular weight excluding hydrogens is 166 g/mol. The minimum Gasteiger partial charge on any atom is -0.314 e. The second-order valence-corrected chi connectivity index (χ2v) is 4.45. The Morgan fingerprint density at radius 2 is 2.42 bits per heavy atom. The van der Waals surface area contributed by atoms with Gasteiger partial charge in [0.1, 0.15) is 0 Å². The zero-order valence-electron chi connectivity index (χ0n) is 7.72. The fourth-order valence-electron chi connectivity index (χ4n) is 1.56. The van der Waals surface area contributed by atoms with Gasteiger partial charge in [0.2, 0.25) is 0 Å². The van der Waals surface area contributed by atoms with Gasteiger partial charge in [-0.05, 0) is 31.6 Å². The zero-order valence-corrected chi connectivity index (χ0v) is 8.54. The van der Waals surface area contributed by atoms with E-state index in [0.29, 0.717) is 0 Å². The number of nitrogens with one attached hydrogen (secondary N) is 1. The predicted octanol–water partition coefficient (Wildman–Crippen LogP) is 2.44. The average molecular weight is 185 g/mol. The van der Waals surface area contributed by atoms with Gasteiger partial charge in [-0.25, -0.2) is 0 Å². The molecule has 1 heterocycles. The molecule has 1 N–H and O–H groups in total. The van der Waals surface area contributed by atoms with E-state index in [4.69, 9.17) is 0 Å². The first-order chi connectivity index (χ1) is 5.93. The van der Waals surface area contributed by atoms with E-state index in [1.54, 1.807) is 0 Å². The fraction of sp³-hybridized carbons (Fsp3) is 0.800. The minimum atomic E-state index is 0.802. The van der Waals surface area contributed by atoms with Crippen molar-refractivity contribution in [1.82, 2.24) is 5.32 Å². The molecular formula is C10H19NS. The Kier molecular flexibility index (Phi) is 5.53. The number of thioether (sulfide) groups is 1. The van der Waals surface area contributed by atoms with Crippen LogP contribution in [0.1, 0.15) is 25.7 Å². The lowest BCUT2D eigenvalue weighted by Crippen LogP contribution is -2.34. The van der Waals surface area contributed by atoms with Crippen LogP contribution in [-0.2, 0) is 0 Å². The molecule has 0 aliphatic carbocycles. The molecule has 70 valence electrons. The first-order valence-electron chi connectivity index (χ1n) is 4.85. The summed E-state index contributed by atoms with van der Waals surface area (Å²) in [6.07, 6.45) is 7.49. The number of piperidine rings is 1. The molecule has 1 rings (SSSR count). The van der Waals surface area contributed by atoms with E-state index in [2.05, 4.69) is 11.9 Å². The van der Waals surface area contributed by atoms with E-state index >= 15 is 0 Å². The highest BCUT2D eigenvalue weighted by Gasteiger charge is 2.10. The predicted molar refractivity (Wildman–Crippen MR) is 57.8 cm³/mol. The van der Waals surface area contributed by atoms with Crippen molar-refractivity contribution in [1.29, 1.82) is 0 Å². The van der Waals surface area contributed by atoms with E-state index in [0.717, 1.165) is 11.8 Å². The normalized spacial score (nSPS) is 23.8. The lowest BCUT2D eigenvalue weighted by atomic mass is 10.0. The summed E-state index contributed by atoms with van der Waals surface area (Å²) in [6.45, 7) is 4.94. The molecule has 0 amide bonds. The summed E-state index contributed by atoms with van der Waals surface area (Å²) in [5.74, 6) is 2.39. The largest absolute Gasteiger partial charge is 0.314 e. The molecule has 0 saturated carbocycles. The Labute approximate surface area is 80.0 Å². The van der Waals surface area contributed by atoms with E-state index in [9.17, 15) is 0 Å². The molecule has 0 spiro atoms. The summed E-state index contributed by atoms with van der Waals surface area (Å²) < 4.78 is 0. The van der Waals surface area contributed by atoms with Crippen LogP contribution < -0.4 is 5.32 Å². The Bertz CT molecular complexity index is 119. The molecule has 1 saturated heterocycles. The molecule has 12 heavy (non-hydrogen) atoms. The fourth-order valence-corrected chi connectivity index (χ4v) is 2.35. The second-order valence-electron chi connectivity index (χ2n) is 3.30. The number of hydrogen-bond acceptors (Lipinski definition) is 2. The molecule has 0 bridgehead atoms. The first-order valence-corrected chi connectivity index (χ1v) is 6.01. The maximum absolute atomic E-state index is 3.71. The first kappa shape index (κ1) is 10.1. The van der Waals surface area contributed by atoms with Crippen molar-refractivity contribution in [3.63, 3.8) is 0 Å². The van der Waals surface area contributed by atoms with Crippen molar-refractivity contribution in [2.24, 2.45) is 0 Å². The van der Waals surface area contributed by atoms with Gasteiger partial charge in [-0.1, -0.05) is 12.5 Å². The number of rotatable bonds is 5. The highest BCUT2D eigenvalue weighted by molar-refractivity contribution is 7.99. The average Bonchev–Trinajstić information content (AvgIpc) is 2.14. The molecule has 0 aromatic heterocycles. The molecule has 1 fully saturated rings. The Morgan fingerprint density at radius 1 is 1.50 bits per heavy atom. The van der Waals surface area contributed by atoms with Gasteiger partial charge in [0, 0.05) is 11.8 Å². The molecule has 1 atom stereocenters. The standard InChI is InChI=1S/C10H19NS/c1-2-8-12-9-6-10-5-3-4-7-11-10/h2,10-11H,1,3-9H2. The maximum Gasteiger partial charge on any atom is 0.0110 e. The summed E-state index contributed by atoms with van der Waals surface area (Å²) in [5, 5.41) is 3.56. The van der Waals surface area contributed by atoms with Crippen molar-refractivity contribution in [2.45, 2.75) is 31.7 Å². The quantitative estimate of drug-likeness (QED) is 0.521. The van der Waals surface area contributed by atoms with Gasteiger partial charge in [-0.15, -0.1) is 6.58 Å². The lowest BCUT2D eigenvalue weighted by molar-refractivity contribution is 0.395. The second kappa shape index (κ2) is 6.55. The summed E-state index contributed by atoms with van der Waals surface area (Å²) in [4.78, 5) is 0. The van der Waals surface area contributed by atoms with E-state index in [-0.39, 0.29) is 0 Å². The summed E-state index contributed by atoms with van der Waals surface area (Å²) in [7, 11) is 0. The van der Waals surface area contributed by atoms with Crippen LogP contribution in [0.2, 0.25) is 0 Å². The SMILES string of the molecule is C=CCSCCC1CCCCN1.